The zero-order chi connectivity index (χ0) is 12.7. The van der Waals surface area contributed by atoms with Crippen molar-refractivity contribution in [2.24, 2.45) is 5.73 Å². The lowest BCUT2D eigenvalue weighted by Gasteiger charge is -2.19. The van der Waals surface area contributed by atoms with Crippen LogP contribution < -0.4 is 16.0 Å². The van der Waals surface area contributed by atoms with Crippen LogP contribution in [0.4, 0.5) is 10.6 Å². The molecule has 92 valence electrons. The lowest BCUT2D eigenvalue weighted by atomic mass is 10.4. The SMILES string of the molecule is COCCNC(=O)N(C(=N)N)c1ccccn1. The highest BCUT2D eigenvalue weighted by Crippen LogP contribution is 2.08. The third-order valence-corrected chi connectivity index (χ3v) is 1.90. The molecule has 7 heteroatoms. The Kier molecular flexibility index (Phi) is 4.89. The Bertz CT molecular complexity index is 382. The van der Waals surface area contributed by atoms with Crippen LogP contribution in [0, 0.1) is 5.41 Å². The summed E-state index contributed by atoms with van der Waals surface area (Å²) in [7, 11) is 1.54. The molecule has 1 aromatic rings. The normalized spacial score (nSPS) is 9.71. The second-order valence-electron chi connectivity index (χ2n) is 3.13. The van der Waals surface area contributed by atoms with Gasteiger partial charge in [-0.25, -0.2) is 14.7 Å². The molecule has 1 rings (SSSR count). The molecule has 4 N–H and O–H groups in total. The summed E-state index contributed by atoms with van der Waals surface area (Å²) in [5.41, 5.74) is 5.35. The van der Waals surface area contributed by atoms with E-state index in [4.69, 9.17) is 15.9 Å². The fourth-order valence-corrected chi connectivity index (χ4v) is 1.16. The summed E-state index contributed by atoms with van der Waals surface area (Å²) in [5, 5.41) is 9.94. The first-order valence-electron chi connectivity index (χ1n) is 4.98. The standard InChI is InChI=1S/C10H15N5O2/c1-17-7-6-14-10(16)15(9(11)12)8-4-2-3-5-13-8/h2-5H,6-7H2,1H3,(H3,11,12)(H,14,16). The molecule has 0 aliphatic rings. The van der Waals surface area contributed by atoms with Gasteiger partial charge in [0.25, 0.3) is 0 Å². The molecule has 0 bridgehead atoms. The van der Waals surface area contributed by atoms with Crippen LogP contribution in [-0.2, 0) is 4.74 Å². The number of rotatable bonds is 4. The van der Waals surface area contributed by atoms with Crippen LogP contribution in [0.5, 0.6) is 0 Å². The van der Waals surface area contributed by atoms with Crippen LogP contribution in [0.15, 0.2) is 24.4 Å². The van der Waals surface area contributed by atoms with Gasteiger partial charge in [-0.1, -0.05) is 6.07 Å². The van der Waals surface area contributed by atoms with Crippen LogP contribution in [0.1, 0.15) is 0 Å². The number of methoxy groups -OCH3 is 1. The molecule has 1 aromatic heterocycles. The molecule has 1 heterocycles. The first-order valence-corrected chi connectivity index (χ1v) is 4.98. The predicted octanol–water partition coefficient (Wildman–Crippen LogP) is 0.137. The smallest absolute Gasteiger partial charge is 0.330 e. The average molecular weight is 237 g/mol. The number of urea groups is 1. The van der Waals surface area contributed by atoms with Gasteiger partial charge < -0.3 is 15.8 Å². The minimum absolute atomic E-state index is 0.301. The van der Waals surface area contributed by atoms with Gasteiger partial charge in [-0.15, -0.1) is 0 Å². The second-order valence-corrected chi connectivity index (χ2v) is 3.13. The van der Waals surface area contributed by atoms with Gasteiger partial charge in [0.05, 0.1) is 6.61 Å². The monoisotopic (exact) mass is 237 g/mol. The van der Waals surface area contributed by atoms with E-state index in [1.165, 1.54) is 13.3 Å². The molecular formula is C10H15N5O2. The summed E-state index contributed by atoms with van der Waals surface area (Å²) in [6.07, 6.45) is 1.52. The van der Waals surface area contributed by atoms with Crippen molar-refractivity contribution in [2.45, 2.75) is 0 Å². The van der Waals surface area contributed by atoms with Crippen LogP contribution in [0.3, 0.4) is 0 Å². The number of nitrogens with zero attached hydrogens (tertiary/aromatic N) is 2. The van der Waals surface area contributed by atoms with Gasteiger partial charge >= 0.3 is 6.03 Å². The molecule has 0 aliphatic carbocycles. The number of hydrogen-bond donors (Lipinski definition) is 3. The van der Waals surface area contributed by atoms with Gasteiger partial charge in [-0.2, -0.15) is 0 Å². The van der Waals surface area contributed by atoms with Gasteiger partial charge in [-0.05, 0) is 12.1 Å². The number of carbonyl (C=O) groups is 1. The second kappa shape index (κ2) is 6.44. The molecule has 0 saturated carbocycles. The number of pyridine rings is 1. The lowest BCUT2D eigenvalue weighted by molar-refractivity contribution is 0.197. The molecule has 0 saturated heterocycles. The molecule has 2 amide bonds. The highest BCUT2D eigenvalue weighted by Gasteiger charge is 2.18. The highest BCUT2D eigenvalue weighted by molar-refractivity contribution is 6.13. The lowest BCUT2D eigenvalue weighted by Crippen LogP contribution is -2.48. The van der Waals surface area contributed by atoms with E-state index < -0.39 is 12.0 Å². The summed E-state index contributed by atoms with van der Waals surface area (Å²) < 4.78 is 4.80. The van der Waals surface area contributed by atoms with Crippen molar-refractivity contribution in [1.82, 2.24) is 10.3 Å². The number of ether oxygens (including phenoxy) is 1. The van der Waals surface area contributed by atoms with Crippen molar-refractivity contribution in [3.05, 3.63) is 24.4 Å². The number of hydrogen-bond acceptors (Lipinski definition) is 4. The number of nitrogens with two attached hydrogens (primary N) is 1. The van der Waals surface area contributed by atoms with E-state index in [1.807, 2.05) is 0 Å². The molecule has 0 spiro atoms. The largest absolute Gasteiger partial charge is 0.383 e. The van der Waals surface area contributed by atoms with Gasteiger partial charge in [0, 0.05) is 19.9 Å². The van der Waals surface area contributed by atoms with E-state index >= 15 is 0 Å². The Labute approximate surface area is 99.1 Å². The minimum atomic E-state index is -0.506. The summed E-state index contributed by atoms with van der Waals surface area (Å²) in [4.78, 5) is 16.7. The number of amides is 2. The maximum absolute atomic E-state index is 11.8. The summed E-state index contributed by atoms with van der Waals surface area (Å²) >= 11 is 0. The Hall–Kier alpha value is -2.15. The van der Waals surface area contributed by atoms with Crippen LogP contribution in [0.2, 0.25) is 0 Å². The fraction of sp³-hybridized carbons (Fsp3) is 0.300. The third-order valence-electron chi connectivity index (χ3n) is 1.90. The maximum Gasteiger partial charge on any atom is 0.330 e. The molecule has 0 atom stereocenters. The summed E-state index contributed by atoms with van der Waals surface area (Å²) in [5.74, 6) is -0.0893. The van der Waals surface area contributed by atoms with Crippen molar-refractivity contribution in [3.63, 3.8) is 0 Å². The number of carbonyl (C=O) groups excluding carboxylic acids is 1. The Morgan fingerprint density at radius 1 is 1.65 bits per heavy atom. The van der Waals surface area contributed by atoms with Crippen molar-refractivity contribution in [1.29, 1.82) is 5.41 Å². The van der Waals surface area contributed by atoms with Gasteiger partial charge in [-0.3, -0.25) is 5.41 Å². The fourth-order valence-electron chi connectivity index (χ4n) is 1.16. The Balaban J connectivity index is 2.73. The summed E-state index contributed by atoms with van der Waals surface area (Å²) in [6.45, 7) is 0.728. The number of anilines is 1. The van der Waals surface area contributed by atoms with Crippen LogP contribution in [0.25, 0.3) is 0 Å². The van der Waals surface area contributed by atoms with Crippen molar-refractivity contribution in [3.8, 4) is 0 Å². The molecular weight excluding hydrogens is 222 g/mol. The van der Waals surface area contributed by atoms with E-state index in [0.29, 0.717) is 19.0 Å². The van der Waals surface area contributed by atoms with E-state index in [0.717, 1.165) is 4.90 Å². The zero-order valence-electron chi connectivity index (χ0n) is 9.51. The highest BCUT2D eigenvalue weighted by atomic mass is 16.5. The first kappa shape index (κ1) is 12.9. The quantitative estimate of drug-likeness (QED) is 0.393. The molecule has 0 fully saturated rings. The number of nitrogens with one attached hydrogen (secondary N) is 2. The third kappa shape index (κ3) is 3.72. The van der Waals surface area contributed by atoms with E-state index in [2.05, 4.69) is 10.3 Å². The Morgan fingerprint density at radius 2 is 2.41 bits per heavy atom. The molecule has 0 radical (unpaired) electrons. The minimum Gasteiger partial charge on any atom is -0.383 e. The van der Waals surface area contributed by atoms with Crippen molar-refractivity contribution < 1.29 is 9.53 Å². The number of guanidine groups is 1. The van der Waals surface area contributed by atoms with Crippen molar-refractivity contribution >= 4 is 17.8 Å². The van der Waals surface area contributed by atoms with Crippen LogP contribution in [-0.4, -0.2) is 37.2 Å². The Morgan fingerprint density at radius 3 is 2.94 bits per heavy atom. The topological polar surface area (TPSA) is 104 Å². The van der Waals surface area contributed by atoms with Gasteiger partial charge in [0.15, 0.2) is 0 Å². The van der Waals surface area contributed by atoms with Gasteiger partial charge in [0.2, 0.25) is 5.96 Å². The van der Waals surface area contributed by atoms with Gasteiger partial charge in [0.1, 0.15) is 5.82 Å². The molecule has 0 aliphatic heterocycles. The average Bonchev–Trinajstić information content (AvgIpc) is 2.30. The molecule has 7 nitrogen and oxygen atoms in total. The number of aromatic nitrogens is 1. The molecule has 0 aromatic carbocycles. The van der Waals surface area contributed by atoms with Crippen LogP contribution >= 0.6 is 0 Å². The molecule has 17 heavy (non-hydrogen) atoms. The first-order chi connectivity index (χ1) is 8.16. The predicted molar refractivity (Wildman–Crippen MR) is 63.9 cm³/mol. The molecule has 0 unspecified atom stereocenters. The van der Waals surface area contributed by atoms with E-state index in [1.54, 1.807) is 18.2 Å². The maximum atomic E-state index is 11.8. The van der Waals surface area contributed by atoms with E-state index in [-0.39, 0.29) is 0 Å². The van der Waals surface area contributed by atoms with E-state index in [9.17, 15) is 4.79 Å². The van der Waals surface area contributed by atoms with Crippen molar-refractivity contribution in [2.75, 3.05) is 25.2 Å². The summed E-state index contributed by atoms with van der Waals surface area (Å²) in [6, 6.07) is 4.51. The zero-order valence-corrected chi connectivity index (χ0v) is 9.51.